The van der Waals surface area contributed by atoms with Crippen molar-refractivity contribution in [3.63, 3.8) is 0 Å². The molecule has 0 saturated carbocycles. The summed E-state index contributed by atoms with van der Waals surface area (Å²) in [5, 5.41) is 0.668. The number of carbonyl (C=O) groups is 1. The van der Waals surface area contributed by atoms with Crippen LogP contribution in [0.3, 0.4) is 0 Å². The van der Waals surface area contributed by atoms with E-state index in [2.05, 4.69) is 11.0 Å². The molecule has 2 aromatic carbocycles. The normalized spacial score (nSPS) is 16.6. The molecular formula is C21H22Cl2N2O4. The maximum Gasteiger partial charge on any atom is 0.254 e. The van der Waals surface area contributed by atoms with Gasteiger partial charge in [-0.25, -0.2) is 0 Å². The molecule has 2 aliphatic rings. The second-order valence-electron chi connectivity index (χ2n) is 7.02. The zero-order valence-corrected chi connectivity index (χ0v) is 17.6. The van der Waals surface area contributed by atoms with Crippen molar-refractivity contribution in [2.45, 2.75) is 6.54 Å². The molecule has 0 aliphatic carbocycles. The summed E-state index contributed by atoms with van der Waals surface area (Å²) in [4.78, 5) is 17.0. The summed E-state index contributed by atoms with van der Waals surface area (Å²) in [6.45, 7) is 4.84. The van der Waals surface area contributed by atoms with Crippen LogP contribution in [0.2, 0.25) is 10.0 Å². The molecule has 6 nitrogen and oxygen atoms in total. The first-order valence-electron chi connectivity index (χ1n) is 9.48. The molecule has 0 aromatic heterocycles. The molecule has 0 unspecified atom stereocenters. The lowest BCUT2D eigenvalue weighted by atomic mass is 10.1. The zero-order chi connectivity index (χ0) is 20.4. The van der Waals surface area contributed by atoms with Gasteiger partial charge in [0.25, 0.3) is 5.91 Å². The molecule has 1 fully saturated rings. The first-order valence-corrected chi connectivity index (χ1v) is 10.2. The summed E-state index contributed by atoms with van der Waals surface area (Å²) in [5.74, 6) is 1.91. The molecule has 0 bridgehead atoms. The van der Waals surface area contributed by atoms with Crippen LogP contribution in [0.1, 0.15) is 15.9 Å². The lowest BCUT2D eigenvalue weighted by molar-refractivity contribution is 0.0628. The van der Waals surface area contributed by atoms with Crippen molar-refractivity contribution < 1.29 is 19.0 Å². The summed E-state index contributed by atoms with van der Waals surface area (Å²) >= 11 is 12.3. The van der Waals surface area contributed by atoms with E-state index >= 15 is 0 Å². The fourth-order valence-corrected chi connectivity index (χ4v) is 4.26. The predicted octanol–water partition coefficient (Wildman–Crippen LogP) is 3.73. The van der Waals surface area contributed by atoms with Gasteiger partial charge in [-0.1, -0.05) is 29.3 Å². The molecule has 1 amide bonds. The van der Waals surface area contributed by atoms with Crippen molar-refractivity contribution in [1.29, 1.82) is 0 Å². The maximum absolute atomic E-state index is 12.8. The monoisotopic (exact) mass is 436 g/mol. The van der Waals surface area contributed by atoms with Crippen LogP contribution in [-0.2, 0) is 6.54 Å². The maximum atomic E-state index is 12.8. The van der Waals surface area contributed by atoms with Crippen molar-refractivity contribution in [2.75, 3.05) is 46.5 Å². The summed E-state index contributed by atoms with van der Waals surface area (Å²) < 4.78 is 16.4. The van der Waals surface area contributed by atoms with Crippen molar-refractivity contribution in [2.24, 2.45) is 0 Å². The fraction of sp³-hybridized carbons (Fsp3) is 0.381. The van der Waals surface area contributed by atoms with Gasteiger partial charge in [0.1, 0.15) is 13.2 Å². The van der Waals surface area contributed by atoms with Crippen LogP contribution in [0.15, 0.2) is 30.3 Å². The molecule has 0 spiro atoms. The average molecular weight is 437 g/mol. The fourth-order valence-electron chi connectivity index (χ4n) is 3.61. The highest BCUT2D eigenvalue weighted by atomic mass is 35.5. The summed E-state index contributed by atoms with van der Waals surface area (Å²) in [6, 6.07) is 9.27. The van der Waals surface area contributed by atoms with Gasteiger partial charge in [-0.2, -0.15) is 0 Å². The second kappa shape index (κ2) is 8.69. The zero-order valence-electron chi connectivity index (χ0n) is 16.1. The van der Waals surface area contributed by atoms with Crippen LogP contribution in [-0.4, -0.2) is 62.2 Å². The molecule has 0 atom stereocenters. The van der Waals surface area contributed by atoms with Gasteiger partial charge in [-0.3, -0.25) is 9.69 Å². The van der Waals surface area contributed by atoms with Crippen LogP contribution in [0, 0.1) is 0 Å². The van der Waals surface area contributed by atoms with Crippen LogP contribution < -0.4 is 14.2 Å². The molecule has 4 rings (SSSR count). The largest absolute Gasteiger partial charge is 0.494 e. The number of rotatable bonds is 4. The minimum Gasteiger partial charge on any atom is -0.494 e. The van der Waals surface area contributed by atoms with Crippen LogP contribution in [0.25, 0.3) is 0 Å². The van der Waals surface area contributed by atoms with Gasteiger partial charge in [-0.15, -0.1) is 0 Å². The Morgan fingerprint density at radius 1 is 1.00 bits per heavy atom. The van der Waals surface area contributed by atoms with E-state index in [9.17, 15) is 4.79 Å². The molecule has 2 heterocycles. The number of amides is 1. The SMILES string of the molecule is COc1c(Cl)cc(C(=O)N2CCN(Cc3ccc4c(c3)OCCO4)CC2)cc1Cl. The van der Waals surface area contributed by atoms with E-state index in [0.717, 1.165) is 31.1 Å². The van der Waals surface area contributed by atoms with Crippen LogP contribution >= 0.6 is 23.2 Å². The summed E-state index contributed by atoms with van der Waals surface area (Å²) in [5.41, 5.74) is 1.64. The standard InChI is InChI=1S/C21H22Cl2N2O4/c1-27-20-16(22)11-15(12-17(20)23)21(26)25-6-4-24(5-7-25)13-14-2-3-18-19(10-14)29-9-8-28-18/h2-3,10-12H,4-9,13H2,1H3. The topological polar surface area (TPSA) is 51.2 Å². The minimum atomic E-state index is -0.0737. The van der Waals surface area contributed by atoms with Gasteiger partial charge in [0.2, 0.25) is 0 Å². The average Bonchev–Trinajstić information content (AvgIpc) is 2.73. The number of halogens is 2. The number of hydrogen-bond acceptors (Lipinski definition) is 5. The Balaban J connectivity index is 1.36. The third-order valence-electron chi connectivity index (χ3n) is 5.12. The van der Waals surface area contributed by atoms with E-state index in [0.29, 0.717) is 47.7 Å². The molecule has 154 valence electrons. The molecule has 8 heteroatoms. The van der Waals surface area contributed by atoms with Gasteiger partial charge in [-0.05, 0) is 29.8 Å². The molecule has 29 heavy (non-hydrogen) atoms. The van der Waals surface area contributed by atoms with Gasteiger partial charge in [0.15, 0.2) is 17.2 Å². The van der Waals surface area contributed by atoms with Gasteiger partial charge in [0.05, 0.1) is 17.2 Å². The first-order chi connectivity index (χ1) is 14.0. The number of piperazine rings is 1. The highest BCUT2D eigenvalue weighted by molar-refractivity contribution is 6.37. The smallest absolute Gasteiger partial charge is 0.254 e. The number of carbonyl (C=O) groups excluding carboxylic acids is 1. The number of nitrogens with zero attached hydrogens (tertiary/aromatic N) is 2. The number of ether oxygens (including phenoxy) is 3. The highest BCUT2D eigenvalue weighted by Crippen LogP contribution is 2.34. The third kappa shape index (κ3) is 4.39. The Hall–Kier alpha value is -2.15. The van der Waals surface area contributed by atoms with E-state index in [1.54, 1.807) is 12.1 Å². The molecule has 0 N–H and O–H groups in total. The van der Waals surface area contributed by atoms with Crippen molar-refractivity contribution >= 4 is 29.1 Å². The van der Waals surface area contributed by atoms with Crippen molar-refractivity contribution in [3.05, 3.63) is 51.5 Å². The van der Waals surface area contributed by atoms with Crippen LogP contribution in [0.4, 0.5) is 0 Å². The molecule has 1 saturated heterocycles. The van der Waals surface area contributed by atoms with Gasteiger partial charge < -0.3 is 19.1 Å². The van der Waals surface area contributed by atoms with E-state index in [4.69, 9.17) is 37.4 Å². The molecule has 0 radical (unpaired) electrons. The predicted molar refractivity (Wildman–Crippen MR) is 112 cm³/mol. The van der Waals surface area contributed by atoms with E-state index < -0.39 is 0 Å². The van der Waals surface area contributed by atoms with Crippen molar-refractivity contribution in [1.82, 2.24) is 9.80 Å². The van der Waals surface area contributed by atoms with Gasteiger partial charge >= 0.3 is 0 Å². The van der Waals surface area contributed by atoms with Crippen LogP contribution in [0.5, 0.6) is 17.2 Å². The minimum absolute atomic E-state index is 0.0737. The molecule has 2 aliphatic heterocycles. The number of hydrogen-bond donors (Lipinski definition) is 0. The highest BCUT2D eigenvalue weighted by Gasteiger charge is 2.24. The molecule has 2 aromatic rings. The van der Waals surface area contributed by atoms with E-state index in [-0.39, 0.29) is 5.91 Å². The Labute approximate surface area is 179 Å². The molecular weight excluding hydrogens is 415 g/mol. The quantitative estimate of drug-likeness (QED) is 0.730. The van der Waals surface area contributed by atoms with E-state index in [1.165, 1.54) is 12.7 Å². The Bertz CT molecular complexity index is 891. The third-order valence-corrected chi connectivity index (χ3v) is 5.68. The van der Waals surface area contributed by atoms with Gasteiger partial charge in [0, 0.05) is 38.3 Å². The first kappa shape index (κ1) is 20.1. The summed E-state index contributed by atoms with van der Waals surface area (Å²) in [6.07, 6.45) is 0. The number of benzene rings is 2. The Kier molecular flexibility index (Phi) is 6.04. The van der Waals surface area contributed by atoms with E-state index in [1.807, 2.05) is 17.0 Å². The van der Waals surface area contributed by atoms with Crippen molar-refractivity contribution in [3.8, 4) is 17.2 Å². The number of methoxy groups -OCH3 is 1. The number of fused-ring (bicyclic) bond motifs is 1. The lowest BCUT2D eigenvalue weighted by Gasteiger charge is -2.35. The Morgan fingerprint density at radius 2 is 1.66 bits per heavy atom. The lowest BCUT2D eigenvalue weighted by Crippen LogP contribution is -2.48. The summed E-state index contributed by atoms with van der Waals surface area (Å²) in [7, 11) is 1.50. The Morgan fingerprint density at radius 3 is 2.31 bits per heavy atom. The second-order valence-corrected chi connectivity index (χ2v) is 7.83.